The minimum absolute atomic E-state index is 0.0257. The van der Waals surface area contributed by atoms with Gasteiger partial charge in [-0.2, -0.15) is 5.26 Å². The standard InChI is InChI=1S/C22H13BrCl2N2O3/c23-19-10-14(9-17(12-26)16-3-5-18(6-4-16)27(28)29)2-8-22(19)30-13-15-1-7-20(24)21(25)11-15/h1-11H,13H2/b17-9-. The fourth-order valence-electron chi connectivity index (χ4n) is 2.62. The molecule has 3 rings (SSSR count). The molecule has 0 fully saturated rings. The number of nitrogens with zero attached hydrogens (tertiary/aromatic N) is 2. The lowest BCUT2D eigenvalue weighted by Crippen LogP contribution is -1.96. The summed E-state index contributed by atoms with van der Waals surface area (Å²) < 4.78 is 6.55. The number of allylic oxidation sites excluding steroid dienone is 1. The Labute approximate surface area is 191 Å². The smallest absolute Gasteiger partial charge is 0.269 e. The number of benzene rings is 3. The van der Waals surface area contributed by atoms with Gasteiger partial charge in [0.25, 0.3) is 5.69 Å². The minimum Gasteiger partial charge on any atom is -0.488 e. The summed E-state index contributed by atoms with van der Waals surface area (Å²) >= 11 is 15.4. The van der Waals surface area contributed by atoms with Crippen molar-refractivity contribution < 1.29 is 9.66 Å². The molecule has 8 heteroatoms. The largest absolute Gasteiger partial charge is 0.488 e. The van der Waals surface area contributed by atoms with E-state index < -0.39 is 4.92 Å². The third-order valence-corrected chi connectivity index (χ3v) is 5.51. The summed E-state index contributed by atoms with van der Waals surface area (Å²) in [6, 6.07) is 18.7. The zero-order valence-electron chi connectivity index (χ0n) is 15.3. The first kappa shape index (κ1) is 21.8. The quantitative estimate of drug-likeness (QED) is 0.153. The lowest BCUT2D eigenvalue weighted by Gasteiger charge is -2.10. The molecule has 0 aromatic heterocycles. The van der Waals surface area contributed by atoms with Crippen molar-refractivity contribution in [2.75, 3.05) is 0 Å². The van der Waals surface area contributed by atoms with Crippen LogP contribution in [0.5, 0.6) is 5.75 Å². The van der Waals surface area contributed by atoms with Crippen molar-refractivity contribution in [3.63, 3.8) is 0 Å². The van der Waals surface area contributed by atoms with Crippen molar-refractivity contribution in [1.29, 1.82) is 5.26 Å². The van der Waals surface area contributed by atoms with Crippen molar-refractivity contribution in [3.8, 4) is 11.8 Å². The van der Waals surface area contributed by atoms with Crippen LogP contribution < -0.4 is 4.74 Å². The molecule has 0 aliphatic carbocycles. The number of hydrogen-bond acceptors (Lipinski definition) is 4. The molecular weight excluding hydrogens is 491 g/mol. The molecule has 0 N–H and O–H groups in total. The Morgan fingerprint density at radius 1 is 1.10 bits per heavy atom. The maximum absolute atomic E-state index is 10.8. The first-order valence-electron chi connectivity index (χ1n) is 8.60. The van der Waals surface area contributed by atoms with E-state index in [0.717, 1.165) is 15.6 Å². The molecule has 0 aliphatic heterocycles. The van der Waals surface area contributed by atoms with E-state index in [0.29, 0.717) is 33.5 Å². The first-order chi connectivity index (χ1) is 14.4. The Bertz CT molecular complexity index is 1170. The van der Waals surface area contributed by atoms with Gasteiger partial charge in [-0.25, -0.2) is 0 Å². The predicted molar refractivity (Wildman–Crippen MR) is 122 cm³/mol. The molecule has 0 amide bonds. The summed E-state index contributed by atoms with van der Waals surface area (Å²) in [7, 11) is 0. The molecule has 3 aromatic carbocycles. The molecule has 3 aromatic rings. The van der Waals surface area contributed by atoms with Gasteiger partial charge in [-0.1, -0.05) is 35.3 Å². The summed E-state index contributed by atoms with van der Waals surface area (Å²) in [5.41, 5.74) is 2.62. The van der Waals surface area contributed by atoms with E-state index in [1.54, 1.807) is 36.4 Å². The van der Waals surface area contributed by atoms with Crippen molar-refractivity contribution in [3.05, 3.63) is 102 Å². The fourth-order valence-corrected chi connectivity index (χ4v) is 3.46. The van der Waals surface area contributed by atoms with Crippen LogP contribution in [0.15, 0.2) is 65.1 Å². The van der Waals surface area contributed by atoms with Crippen LogP contribution in [0.1, 0.15) is 16.7 Å². The molecule has 30 heavy (non-hydrogen) atoms. The second kappa shape index (κ2) is 9.77. The Hall–Kier alpha value is -2.85. The maximum atomic E-state index is 10.8. The van der Waals surface area contributed by atoms with Gasteiger partial charge in [-0.15, -0.1) is 0 Å². The number of hydrogen-bond donors (Lipinski definition) is 0. The van der Waals surface area contributed by atoms with Gasteiger partial charge >= 0.3 is 0 Å². The van der Waals surface area contributed by atoms with Gasteiger partial charge < -0.3 is 4.74 Å². The highest BCUT2D eigenvalue weighted by atomic mass is 79.9. The van der Waals surface area contributed by atoms with Crippen molar-refractivity contribution in [1.82, 2.24) is 0 Å². The Balaban J connectivity index is 1.76. The Morgan fingerprint density at radius 2 is 1.83 bits per heavy atom. The van der Waals surface area contributed by atoms with Crippen LogP contribution in [0, 0.1) is 21.4 Å². The van der Waals surface area contributed by atoms with E-state index in [-0.39, 0.29) is 5.69 Å². The summed E-state index contributed by atoms with van der Waals surface area (Å²) in [5.74, 6) is 0.632. The van der Waals surface area contributed by atoms with E-state index in [2.05, 4.69) is 22.0 Å². The molecule has 5 nitrogen and oxygen atoms in total. The number of ether oxygens (including phenoxy) is 1. The third-order valence-electron chi connectivity index (χ3n) is 4.15. The summed E-state index contributed by atoms with van der Waals surface area (Å²) in [6.07, 6.45) is 1.70. The van der Waals surface area contributed by atoms with E-state index in [1.807, 2.05) is 18.2 Å². The van der Waals surface area contributed by atoms with Crippen LogP contribution in [-0.4, -0.2) is 4.92 Å². The first-order valence-corrected chi connectivity index (χ1v) is 10.1. The predicted octanol–water partition coefficient (Wildman–Crippen LogP) is 7.31. The van der Waals surface area contributed by atoms with Gasteiger partial charge in [-0.05, 0) is 75.1 Å². The van der Waals surface area contributed by atoms with Crippen LogP contribution in [0.2, 0.25) is 10.0 Å². The highest BCUT2D eigenvalue weighted by Gasteiger charge is 2.08. The van der Waals surface area contributed by atoms with Crippen LogP contribution >= 0.6 is 39.1 Å². The van der Waals surface area contributed by atoms with Gasteiger partial charge in [0.15, 0.2) is 0 Å². The summed E-state index contributed by atoms with van der Waals surface area (Å²) in [5, 5.41) is 21.2. The number of rotatable bonds is 6. The lowest BCUT2D eigenvalue weighted by atomic mass is 10.0. The maximum Gasteiger partial charge on any atom is 0.269 e. The minimum atomic E-state index is -0.479. The van der Waals surface area contributed by atoms with Crippen molar-refractivity contribution in [2.24, 2.45) is 0 Å². The van der Waals surface area contributed by atoms with Crippen molar-refractivity contribution >= 4 is 56.5 Å². The third kappa shape index (κ3) is 5.39. The molecule has 0 saturated carbocycles. The normalized spacial score (nSPS) is 11.1. The monoisotopic (exact) mass is 502 g/mol. The Morgan fingerprint density at radius 3 is 2.43 bits per heavy atom. The van der Waals surface area contributed by atoms with Crippen molar-refractivity contribution in [2.45, 2.75) is 6.61 Å². The highest BCUT2D eigenvalue weighted by molar-refractivity contribution is 9.10. The molecule has 0 aliphatic rings. The van der Waals surface area contributed by atoms with E-state index in [4.69, 9.17) is 27.9 Å². The molecule has 0 heterocycles. The molecular formula is C22H13BrCl2N2O3. The lowest BCUT2D eigenvalue weighted by molar-refractivity contribution is -0.384. The number of nitriles is 1. The van der Waals surface area contributed by atoms with Gasteiger partial charge in [0, 0.05) is 12.1 Å². The molecule has 150 valence electrons. The van der Waals surface area contributed by atoms with Crippen LogP contribution in [0.4, 0.5) is 5.69 Å². The topological polar surface area (TPSA) is 76.2 Å². The SMILES string of the molecule is N#C/C(=C/c1ccc(OCc2ccc(Cl)c(Cl)c2)c(Br)c1)c1ccc([N+](=O)[O-])cc1. The van der Waals surface area contributed by atoms with E-state index in [9.17, 15) is 15.4 Å². The summed E-state index contributed by atoms with van der Waals surface area (Å²) in [4.78, 5) is 10.3. The van der Waals surface area contributed by atoms with Gasteiger partial charge in [-0.3, -0.25) is 10.1 Å². The fraction of sp³-hybridized carbons (Fsp3) is 0.0455. The number of nitro benzene ring substituents is 1. The van der Waals surface area contributed by atoms with E-state index >= 15 is 0 Å². The van der Waals surface area contributed by atoms with E-state index in [1.165, 1.54) is 12.1 Å². The zero-order valence-corrected chi connectivity index (χ0v) is 18.4. The second-order valence-electron chi connectivity index (χ2n) is 6.20. The second-order valence-corrected chi connectivity index (χ2v) is 7.87. The molecule has 0 bridgehead atoms. The average molecular weight is 504 g/mol. The van der Waals surface area contributed by atoms with Gasteiger partial charge in [0.2, 0.25) is 0 Å². The number of halogens is 3. The molecule has 0 saturated heterocycles. The van der Waals surface area contributed by atoms with Crippen LogP contribution in [0.25, 0.3) is 11.6 Å². The number of non-ortho nitro benzene ring substituents is 1. The summed E-state index contributed by atoms with van der Waals surface area (Å²) in [6.45, 7) is 0.316. The zero-order chi connectivity index (χ0) is 21.7. The molecule has 0 unspecified atom stereocenters. The van der Waals surface area contributed by atoms with Crippen LogP contribution in [0.3, 0.4) is 0 Å². The molecule has 0 radical (unpaired) electrons. The Kier molecular flexibility index (Phi) is 7.11. The average Bonchev–Trinajstić information content (AvgIpc) is 2.74. The number of nitro groups is 1. The van der Waals surface area contributed by atoms with Gasteiger partial charge in [0.1, 0.15) is 12.4 Å². The van der Waals surface area contributed by atoms with Gasteiger partial charge in [0.05, 0.1) is 31.1 Å². The van der Waals surface area contributed by atoms with Crippen LogP contribution in [-0.2, 0) is 6.61 Å². The highest BCUT2D eigenvalue weighted by Crippen LogP contribution is 2.30. The molecule has 0 atom stereocenters. The molecule has 0 spiro atoms.